The lowest BCUT2D eigenvalue weighted by Crippen LogP contribution is -2.24. The maximum Gasteiger partial charge on any atom is 0.218 e. The average molecular weight is 187 g/mol. The van der Waals surface area contributed by atoms with Crippen molar-refractivity contribution in [2.24, 2.45) is 0 Å². The van der Waals surface area contributed by atoms with Crippen LogP contribution in [0.2, 0.25) is 0 Å². The zero-order valence-corrected chi connectivity index (χ0v) is 8.37. The molecule has 1 aromatic rings. The summed E-state index contributed by atoms with van der Waals surface area (Å²) in [4.78, 5) is 10.8. The lowest BCUT2D eigenvalue weighted by Gasteiger charge is -2.11. The molecule has 1 atom stereocenters. The van der Waals surface area contributed by atoms with Crippen LogP contribution in [0.1, 0.15) is 24.1 Å². The van der Waals surface area contributed by atoms with Gasteiger partial charge in [0, 0.05) is 6.92 Å². The molecule has 0 aliphatic carbocycles. The standard InChI is InChI=1S/C12H13NO/c1-4-12(13-10(3)14)11-7-5-9(2)6-8-11/h1,5-8,12H,2-3H3,(H,13,14)/t12-/m0/s1. The molecule has 0 spiro atoms. The Balaban J connectivity index is 2.85. The Hall–Kier alpha value is -1.75. The summed E-state index contributed by atoms with van der Waals surface area (Å²) in [6.07, 6.45) is 5.33. The molecule has 0 saturated carbocycles. The molecule has 1 amide bonds. The molecule has 1 N–H and O–H groups in total. The van der Waals surface area contributed by atoms with Gasteiger partial charge in [-0.15, -0.1) is 6.42 Å². The molecule has 2 heteroatoms. The van der Waals surface area contributed by atoms with E-state index in [9.17, 15) is 4.79 Å². The van der Waals surface area contributed by atoms with Crippen LogP contribution in [0.25, 0.3) is 0 Å². The summed E-state index contributed by atoms with van der Waals surface area (Å²) in [7, 11) is 0. The van der Waals surface area contributed by atoms with E-state index in [0.717, 1.165) is 5.56 Å². The summed E-state index contributed by atoms with van der Waals surface area (Å²) in [5, 5.41) is 2.69. The fourth-order valence-electron chi connectivity index (χ4n) is 1.18. The topological polar surface area (TPSA) is 29.1 Å². The van der Waals surface area contributed by atoms with Crippen LogP contribution in [-0.2, 0) is 4.79 Å². The lowest BCUT2D eigenvalue weighted by atomic mass is 10.1. The van der Waals surface area contributed by atoms with Crippen LogP contribution in [-0.4, -0.2) is 5.91 Å². The zero-order chi connectivity index (χ0) is 10.6. The van der Waals surface area contributed by atoms with Gasteiger partial charge in [-0.25, -0.2) is 0 Å². The Morgan fingerprint density at radius 3 is 2.43 bits per heavy atom. The first kappa shape index (κ1) is 10.3. The van der Waals surface area contributed by atoms with Crippen LogP contribution < -0.4 is 5.32 Å². The molecule has 0 radical (unpaired) electrons. The monoisotopic (exact) mass is 187 g/mol. The molecular weight excluding hydrogens is 174 g/mol. The molecule has 72 valence electrons. The molecule has 0 unspecified atom stereocenters. The van der Waals surface area contributed by atoms with Crippen molar-refractivity contribution in [2.75, 3.05) is 0 Å². The van der Waals surface area contributed by atoms with E-state index in [1.54, 1.807) is 0 Å². The third kappa shape index (κ3) is 2.63. The zero-order valence-electron chi connectivity index (χ0n) is 8.37. The molecule has 0 bridgehead atoms. The van der Waals surface area contributed by atoms with Crippen LogP contribution in [0, 0.1) is 19.3 Å². The smallest absolute Gasteiger partial charge is 0.218 e. The molecule has 0 fully saturated rings. The van der Waals surface area contributed by atoms with Gasteiger partial charge in [0.25, 0.3) is 0 Å². The van der Waals surface area contributed by atoms with E-state index in [1.165, 1.54) is 12.5 Å². The Labute approximate surface area is 84.3 Å². The SMILES string of the molecule is C#C[C@H](NC(C)=O)c1ccc(C)cc1. The molecule has 0 aromatic heterocycles. The van der Waals surface area contributed by atoms with Gasteiger partial charge in [-0.05, 0) is 12.5 Å². The predicted molar refractivity (Wildman–Crippen MR) is 56.6 cm³/mol. The number of amides is 1. The van der Waals surface area contributed by atoms with Gasteiger partial charge < -0.3 is 5.32 Å². The Kier molecular flexibility index (Phi) is 3.30. The molecule has 1 rings (SSSR count). The molecule has 0 saturated heterocycles. The van der Waals surface area contributed by atoms with Crippen molar-refractivity contribution in [3.05, 3.63) is 35.4 Å². The summed E-state index contributed by atoms with van der Waals surface area (Å²) < 4.78 is 0. The number of benzene rings is 1. The van der Waals surface area contributed by atoms with Gasteiger partial charge in [0.05, 0.1) is 0 Å². The van der Waals surface area contributed by atoms with Gasteiger partial charge in [0.1, 0.15) is 6.04 Å². The van der Waals surface area contributed by atoms with E-state index in [-0.39, 0.29) is 11.9 Å². The Bertz CT molecular complexity index is 359. The third-order valence-electron chi connectivity index (χ3n) is 1.92. The normalized spacial score (nSPS) is 11.5. The number of hydrogen-bond acceptors (Lipinski definition) is 1. The van der Waals surface area contributed by atoms with Gasteiger partial charge in [-0.1, -0.05) is 35.7 Å². The van der Waals surface area contributed by atoms with Crippen molar-refractivity contribution >= 4 is 5.91 Å². The summed E-state index contributed by atoms with van der Waals surface area (Å²) in [5.41, 5.74) is 2.11. The maximum absolute atomic E-state index is 10.8. The fraction of sp³-hybridized carbons (Fsp3) is 0.250. The van der Waals surface area contributed by atoms with Crippen molar-refractivity contribution in [1.29, 1.82) is 0 Å². The molecule has 0 heterocycles. The highest BCUT2D eigenvalue weighted by Crippen LogP contribution is 2.12. The number of carbonyl (C=O) groups is 1. The highest BCUT2D eigenvalue weighted by atomic mass is 16.1. The van der Waals surface area contributed by atoms with E-state index >= 15 is 0 Å². The molecule has 14 heavy (non-hydrogen) atoms. The van der Waals surface area contributed by atoms with E-state index in [4.69, 9.17) is 6.42 Å². The summed E-state index contributed by atoms with van der Waals surface area (Å²) >= 11 is 0. The second-order valence-corrected chi connectivity index (χ2v) is 3.21. The summed E-state index contributed by atoms with van der Waals surface area (Å²) in [5.74, 6) is 2.42. The van der Waals surface area contributed by atoms with Crippen molar-refractivity contribution in [2.45, 2.75) is 19.9 Å². The molecule has 0 aliphatic rings. The highest BCUT2D eigenvalue weighted by molar-refractivity contribution is 5.74. The van der Waals surface area contributed by atoms with E-state index in [2.05, 4.69) is 11.2 Å². The van der Waals surface area contributed by atoms with Gasteiger partial charge in [0.15, 0.2) is 0 Å². The first-order valence-corrected chi connectivity index (χ1v) is 4.43. The van der Waals surface area contributed by atoms with E-state index < -0.39 is 0 Å². The molecule has 1 aromatic carbocycles. The van der Waals surface area contributed by atoms with Crippen molar-refractivity contribution in [1.82, 2.24) is 5.32 Å². The van der Waals surface area contributed by atoms with Crippen molar-refractivity contribution in [3.8, 4) is 12.3 Å². The molecular formula is C12H13NO. The Morgan fingerprint density at radius 2 is 2.00 bits per heavy atom. The largest absolute Gasteiger partial charge is 0.339 e. The number of hydrogen-bond donors (Lipinski definition) is 1. The van der Waals surface area contributed by atoms with Crippen LogP contribution in [0.15, 0.2) is 24.3 Å². The number of rotatable bonds is 2. The van der Waals surface area contributed by atoms with Gasteiger partial charge in [-0.3, -0.25) is 4.79 Å². The lowest BCUT2D eigenvalue weighted by molar-refractivity contribution is -0.119. The summed E-state index contributed by atoms with van der Waals surface area (Å²) in [6, 6.07) is 7.47. The molecule has 2 nitrogen and oxygen atoms in total. The predicted octanol–water partition coefficient (Wildman–Crippen LogP) is 1.81. The van der Waals surface area contributed by atoms with Gasteiger partial charge in [0.2, 0.25) is 5.91 Å². The minimum absolute atomic E-state index is 0.117. The van der Waals surface area contributed by atoms with E-state index in [0.29, 0.717) is 0 Å². The first-order chi connectivity index (χ1) is 6.63. The third-order valence-corrected chi connectivity index (χ3v) is 1.92. The minimum Gasteiger partial charge on any atom is -0.339 e. The number of carbonyl (C=O) groups excluding carboxylic acids is 1. The van der Waals surface area contributed by atoms with Crippen LogP contribution in [0.4, 0.5) is 0 Å². The van der Waals surface area contributed by atoms with Crippen LogP contribution >= 0.6 is 0 Å². The number of terminal acetylenes is 1. The van der Waals surface area contributed by atoms with Crippen LogP contribution in [0.5, 0.6) is 0 Å². The minimum atomic E-state index is -0.326. The van der Waals surface area contributed by atoms with E-state index in [1.807, 2.05) is 31.2 Å². The highest BCUT2D eigenvalue weighted by Gasteiger charge is 2.07. The second-order valence-electron chi connectivity index (χ2n) is 3.21. The maximum atomic E-state index is 10.8. The van der Waals surface area contributed by atoms with Gasteiger partial charge in [-0.2, -0.15) is 0 Å². The first-order valence-electron chi connectivity index (χ1n) is 4.43. The second kappa shape index (κ2) is 4.48. The summed E-state index contributed by atoms with van der Waals surface area (Å²) in [6.45, 7) is 3.46. The fourth-order valence-corrected chi connectivity index (χ4v) is 1.18. The average Bonchev–Trinajstić information content (AvgIpc) is 2.15. The Morgan fingerprint density at radius 1 is 1.43 bits per heavy atom. The van der Waals surface area contributed by atoms with Crippen LogP contribution in [0.3, 0.4) is 0 Å². The number of aryl methyl sites for hydroxylation is 1. The van der Waals surface area contributed by atoms with Crippen molar-refractivity contribution in [3.63, 3.8) is 0 Å². The quantitative estimate of drug-likeness (QED) is 0.703. The number of nitrogens with one attached hydrogen (secondary N) is 1. The van der Waals surface area contributed by atoms with Gasteiger partial charge >= 0.3 is 0 Å². The van der Waals surface area contributed by atoms with Crippen molar-refractivity contribution < 1.29 is 4.79 Å². The molecule has 0 aliphatic heterocycles.